The van der Waals surface area contributed by atoms with E-state index >= 15 is 0 Å². The van der Waals surface area contributed by atoms with Gasteiger partial charge in [-0.15, -0.1) is 0 Å². The van der Waals surface area contributed by atoms with Crippen molar-refractivity contribution in [3.05, 3.63) is 114 Å². The molecule has 1 amide bonds. The number of amides is 1. The molecule has 0 aromatic heterocycles. The Bertz CT molecular complexity index is 1160. The Morgan fingerprint density at radius 2 is 1.13 bits per heavy atom. The summed E-state index contributed by atoms with van der Waals surface area (Å²) in [6.45, 7) is 2.04. The van der Waals surface area contributed by atoms with Gasteiger partial charge in [-0.2, -0.15) is 0 Å². The second-order valence-corrected chi connectivity index (χ2v) is 6.98. The molecular formula is C26H23N3O. The molecule has 4 rings (SSSR count). The molecule has 4 nitrogen and oxygen atoms in total. The van der Waals surface area contributed by atoms with Crippen LogP contribution in [0.15, 0.2) is 103 Å². The van der Waals surface area contributed by atoms with E-state index in [0.29, 0.717) is 5.56 Å². The van der Waals surface area contributed by atoms with Crippen LogP contribution in [-0.4, -0.2) is 5.91 Å². The van der Waals surface area contributed by atoms with Gasteiger partial charge in [0.2, 0.25) is 0 Å². The zero-order valence-corrected chi connectivity index (χ0v) is 16.7. The first-order chi connectivity index (χ1) is 14.7. The Labute approximate surface area is 176 Å². The van der Waals surface area contributed by atoms with Crippen molar-refractivity contribution < 1.29 is 4.79 Å². The van der Waals surface area contributed by atoms with Crippen molar-refractivity contribution in [2.75, 3.05) is 16.0 Å². The molecule has 3 N–H and O–H groups in total. The summed E-state index contributed by atoms with van der Waals surface area (Å²) in [7, 11) is 0. The molecule has 0 heterocycles. The molecular weight excluding hydrogens is 370 g/mol. The maximum absolute atomic E-state index is 13.1. The number of aryl methyl sites for hydroxylation is 1. The highest BCUT2D eigenvalue weighted by atomic mass is 16.1. The van der Waals surface area contributed by atoms with Crippen LogP contribution in [0.5, 0.6) is 0 Å². The molecule has 4 heteroatoms. The van der Waals surface area contributed by atoms with E-state index in [2.05, 4.69) is 16.0 Å². The second-order valence-electron chi connectivity index (χ2n) is 6.98. The van der Waals surface area contributed by atoms with Crippen molar-refractivity contribution in [3.63, 3.8) is 0 Å². The number of hydrogen-bond donors (Lipinski definition) is 3. The van der Waals surface area contributed by atoms with E-state index in [-0.39, 0.29) is 5.91 Å². The van der Waals surface area contributed by atoms with E-state index < -0.39 is 0 Å². The highest BCUT2D eigenvalue weighted by Gasteiger charge is 2.14. The van der Waals surface area contributed by atoms with Crippen molar-refractivity contribution in [1.29, 1.82) is 0 Å². The van der Waals surface area contributed by atoms with Crippen LogP contribution in [0.2, 0.25) is 0 Å². The molecule has 0 saturated heterocycles. The lowest BCUT2D eigenvalue weighted by Crippen LogP contribution is -2.15. The largest absolute Gasteiger partial charge is 0.355 e. The Balaban J connectivity index is 1.58. The average molecular weight is 393 g/mol. The zero-order chi connectivity index (χ0) is 20.8. The van der Waals surface area contributed by atoms with Crippen LogP contribution < -0.4 is 16.0 Å². The fraction of sp³-hybridized carbons (Fsp3) is 0.0385. The van der Waals surface area contributed by atoms with Crippen LogP contribution in [0.4, 0.5) is 28.4 Å². The molecule has 0 aliphatic heterocycles. The van der Waals surface area contributed by atoms with Crippen LogP contribution in [0.3, 0.4) is 0 Å². The van der Waals surface area contributed by atoms with Crippen LogP contribution in [0.25, 0.3) is 0 Å². The van der Waals surface area contributed by atoms with Crippen LogP contribution in [0, 0.1) is 6.92 Å². The molecule has 4 aromatic rings. The number of hydrogen-bond acceptors (Lipinski definition) is 3. The van der Waals surface area contributed by atoms with Gasteiger partial charge in [0.1, 0.15) is 0 Å². The van der Waals surface area contributed by atoms with Crippen molar-refractivity contribution in [1.82, 2.24) is 0 Å². The fourth-order valence-electron chi connectivity index (χ4n) is 3.22. The lowest BCUT2D eigenvalue weighted by atomic mass is 10.1. The summed E-state index contributed by atoms with van der Waals surface area (Å²) < 4.78 is 0. The number of rotatable bonds is 6. The second kappa shape index (κ2) is 8.97. The van der Waals surface area contributed by atoms with Crippen molar-refractivity contribution in [3.8, 4) is 0 Å². The summed E-state index contributed by atoms with van der Waals surface area (Å²) in [4.78, 5) is 13.1. The maximum atomic E-state index is 13.1. The monoisotopic (exact) mass is 393 g/mol. The van der Waals surface area contributed by atoms with Gasteiger partial charge >= 0.3 is 0 Å². The normalized spacial score (nSPS) is 10.3. The van der Waals surface area contributed by atoms with E-state index in [1.54, 1.807) is 0 Å². The van der Waals surface area contributed by atoms with Gasteiger partial charge in [0.25, 0.3) is 5.91 Å². The first-order valence-electron chi connectivity index (χ1n) is 9.85. The van der Waals surface area contributed by atoms with Crippen LogP contribution >= 0.6 is 0 Å². The summed E-state index contributed by atoms with van der Waals surface area (Å²) >= 11 is 0. The molecule has 4 aromatic carbocycles. The first kappa shape index (κ1) is 19.3. The highest BCUT2D eigenvalue weighted by molar-refractivity contribution is 6.09. The average Bonchev–Trinajstić information content (AvgIpc) is 2.78. The summed E-state index contributed by atoms with van der Waals surface area (Å²) in [5.41, 5.74) is 5.95. The van der Waals surface area contributed by atoms with Gasteiger partial charge in [-0.1, -0.05) is 60.7 Å². The van der Waals surface area contributed by atoms with E-state index in [4.69, 9.17) is 0 Å². The molecule has 0 spiro atoms. The van der Waals surface area contributed by atoms with Crippen LogP contribution in [0.1, 0.15) is 15.9 Å². The third-order valence-corrected chi connectivity index (χ3v) is 4.81. The Kier molecular flexibility index (Phi) is 5.76. The van der Waals surface area contributed by atoms with Gasteiger partial charge in [0, 0.05) is 11.4 Å². The predicted octanol–water partition coefficient (Wildman–Crippen LogP) is 6.73. The third kappa shape index (κ3) is 4.50. The molecule has 0 aliphatic rings. The Morgan fingerprint density at radius 1 is 0.567 bits per heavy atom. The maximum Gasteiger partial charge on any atom is 0.257 e. The lowest BCUT2D eigenvalue weighted by molar-refractivity contribution is 0.102. The number of anilines is 5. The van der Waals surface area contributed by atoms with Gasteiger partial charge in [-0.3, -0.25) is 4.79 Å². The molecule has 0 radical (unpaired) electrons. The molecule has 0 bridgehead atoms. The summed E-state index contributed by atoms with van der Waals surface area (Å²) in [5, 5.41) is 9.79. The van der Waals surface area contributed by atoms with Gasteiger partial charge in [0.15, 0.2) is 0 Å². The minimum Gasteiger partial charge on any atom is -0.355 e. The number of carbonyl (C=O) groups excluding carboxylic acids is 1. The van der Waals surface area contributed by atoms with Crippen molar-refractivity contribution in [2.45, 2.75) is 6.92 Å². The number of benzene rings is 4. The van der Waals surface area contributed by atoms with Crippen LogP contribution in [-0.2, 0) is 0 Å². The van der Waals surface area contributed by atoms with E-state index in [1.165, 1.54) is 0 Å². The molecule has 0 atom stereocenters. The molecule has 0 saturated carbocycles. The summed E-state index contributed by atoms with van der Waals surface area (Å²) in [5.74, 6) is -0.172. The Hall–Kier alpha value is -4.05. The minimum atomic E-state index is -0.172. The molecule has 0 unspecified atom stereocenters. The van der Waals surface area contributed by atoms with Gasteiger partial charge < -0.3 is 16.0 Å². The van der Waals surface area contributed by atoms with E-state index in [1.807, 2.05) is 110 Å². The number of carbonyl (C=O) groups is 1. The van der Waals surface area contributed by atoms with E-state index in [0.717, 1.165) is 34.0 Å². The zero-order valence-electron chi connectivity index (χ0n) is 16.7. The first-order valence-corrected chi connectivity index (χ1v) is 9.85. The quantitative estimate of drug-likeness (QED) is 0.340. The Morgan fingerprint density at radius 3 is 1.87 bits per heavy atom. The third-order valence-electron chi connectivity index (χ3n) is 4.81. The van der Waals surface area contributed by atoms with E-state index in [9.17, 15) is 4.79 Å². The minimum absolute atomic E-state index is 0.172. The summed E-state index contributed by atoms with van der Waals surface area (Å²) in [6, 6.07) is 33.1. The SMILES string of the molecule is Cc1ccccc1Nc1ccccc1C(=O)Nc1ccccc1Nc1ccccc1. The predicted molar refractivity (Wildman–Crippen MR) is 125 cm³/mol. The number of nitrogens with one attached hydrogen (secondary N) is 3. The highest BCUT2D eigenvalue weighted by Crippen LogP contribution is 2.28. The van der Waals surface area contributed by atoms with Gasteiger partial charge in [-0.25, -0.2) is 0 Å². The molecule has 148 valence electrons. The smallest absolute Gasteiger partial charge is 0.257 e. The summed E-state index contributed by atoms with van der Waals surface area (Å²) in [6.07, 6.45) is 0. The molecule has 30 heavy (non-hydrogen) atoms. The van der Waals surface area contributed by atoms with Crippen molar-refractivity contribution in [2.24, 2.45) is 0 Å². The molecule has 0 fully saturated rings. The topological polar surface area (TPSA) is 53.2 Å². The van der Waals surface area contributed by atoms with Gasteiger partial charge in [0.05, 0.1) is 22.6 Å². The standard InChI is InChI=1S/C26H23N3O/c1-19-11-5-7-15-22(19)28-23-16-8-6-14-21(23)26(30)29-25-18-10-9-17-24(25)27-20-12-3-2-4-13-20/h2-18,27-28H,1H3,(H,29,30). The number of para-hydroxylation sites is 5. The van der Waals surface area contributed by atoms with Gasteiger partial charge in [-0.05, 0) is 55.0 Å². The lowest BCUT2D eigenvalue weighted by Gasteiger charge is -2.16. The fourth-order valence-corrected chi connectivity index (χ4v) is 3.22. The van der Waals surface area contributed by atoms with Crippen molar-refractivity contribution >= 4 is 34.3 Å². The molecule has 0 aliphatic carbocycles.